The van der Waals surface area contributed by atoms with Gasteiger partial charge in [-0.3, -0.25) is 4.18 Å². The van der Waals surface area contributed by atoms with Gasteiger partial charge in [0.15, 0.2) is 0 Å². The normalized spacial score (nSPS) is 33.8. The second-order valence-corrected chi connectivity index (χ2v) is 8.80. The van der Waals surface area contributed by atoms with Crippen molar-refractivity contribution >= 4 is 10.4 Å². The van der Waals surface area contributed by atoms with Gasteiger partial charge in [0.1, 0.15) is 0 Å². The van der Waals surface area contributed by atoms with Crippen molar-refractivity contribution in [3.63, 3.8) is 0 Å². The maximum absolute atomic E-state index is 10.8. The van der Waals surface area contributed by atoms with Gasteiger partial charge in [-0.15, -0.1) is 0 Å². The monoisotopic (exact) mass is 374 g/mol. The van der Waals surface area contributed by atoms with Crippen LogP contribution in [0.2, 0.25) is 0 Å². The molecule has 1 saturated carbocycles. The molecule has 0 saturated heterocycles. The molecule has 1 aromatic rings. The number of aliphatic hydroxyl groups is 1. The molecule has 0 spiro atoms. The van der Waals surface area contributed by atoms with E-state index in [2.05, 4.69) is 23.2 Å². The van der Waals surface area contributed by atoms with Crippen LogP contribution in [0.5, 0.6) is 0 Å². The summed E-state index contributed by atoms with van der Waals surface area (Å²) in [6.45, 7) is 2.21. The molecule has 1 N–H and O–H groups in total. The van der Waals surface area contributed by atoms with Crippen LogP contribution in [0.1, 0.15) is 60.8 Å². The van der Waals surface area contributed by atoms with Crippen molar-refractivity contribution in [2.45, 2.75) is 70.0 Å². The van der Waals surface area contributed by atoms with E-state index in [0.717, 1.165) is 37.7 Å². The van der Waals surface area contributed by atoms with Crippen molar-refractivity contribution < 1.29 is 51.8 Å². The summed E-state index contributed by atoms with van der Waals surface area (Å²) in [6, 6.07) is 4.22. The van der Waals surface area contributed by atoms with Crippen molar-refractivity contribution in [1.29, 1.82) is 0 Å². The maximum Gasteiger partial charge on any atom is 1.00 e. The summed E-state index contributed by atoms with van der Waals surface area (Å²) >= 11 is 0. The number of hydrogen-bond acceptors (Lipinski definition) is 5. The van der Waals surface area contributed by atoms with E-state index in [1.54, 1.807) is 0 Å². The molecule has 0 heterocycles. The third-order valence-corrected chi connectivity index (χ3v) is 7.07. The van der Waals surface area contributed by atoms with Gasteiger partial charge in [0, 0.05) is 11.8 Å². The van der Waals surface area contributed by atoms with Crippen molar-refractivity contribution in [2.24, 2.45) is 5.41 Å². The molecule has 1 unspecified atom stereocenters. The van der Waals surface area contributed by atoms with Crippen LogP contribution in [0.4, 0.5) is 0 Å². The van der Waals surface area contributed by atoms with Crippen molar-refractivity contribution in [1.82, 2.24) is 0 Å². The first-order valence-electron chi connectivity index (χ1n) is 8.73. The summed E-state index contributed by atoms with van der Waals surface area (Å²) in [5.74, 6) is 0.414. The van der Waals surface area contributed by atoms with Crippen LogP contribution >= 0.6 is 0 Å². The molecule has 0 aromatic heterocycles. The third-order valence-electron chi connectivity index (χ3n) is 6.56. The molecular weight excluding hydrogens is 351 g/mol. The first-order chi connectivity index (χ1) is 11.3. The first-order valence-corrected chi connectivity index (χ1v) is 10.1. The molecule has 1 fully saturated rings. The summed E-state index contributed by atoms with van der Waals surface area (Å²) in [4.78, 5) is 0. The fourth-order valence-electron chi connectivity index (χ4n) is 5.25. The average molecular weight is 374 g/mol. The van der Waals surface area contributed by atoms with Gasteiger partial charge in [-0.05, 0) is 66.7 Å². The Labute approximate surface area is 171 Å². The van der Waals surface area contributed by atoms with Crippen LogP contribution in [-0.2, 0) is 33.8 Å². The average Bonchev–Trinajstić information content (AvgIpc) is 2.81. The van der Waals surface area contributed by atoms with Crippen LogP contribution in [-0.4, -0.2) is 30.3 Å². The second-order valence-electron chi connectivity index (χ2n) is 7.79. The van der Waals surface area contributed by atoms with E-state index in [4.69, 9.17) is 0 Å². The van der Waals surface area contributed by atoms with E-state index in [0.29, 0.717) is 18.8 Å². The SMILES string of the molecule is C[C@]12CCc3c(ccc4c3CC[C@H](OS(=O)(=O)[O-])C4)C1CC[C@@H]2O.[Na+]. The Kier molecular flexibility index (Phi) is 5.46. The van der Waals surface area contributed by atoms with E-state index in [1.165, 1.54) is 16.7 Å². The topological polar surface area (TPSA) is 86.7 Å². The summed E-state index contributed by atoms with van der Waals surface area (Å²) in [5, 5.41) is 10.4. The Balaban J connectivity index is 0.00000182. The molecule has 0 aliphatic heterocycles. The van der Waals surface area contributed by atoms with Gasteiger partial charge in [0.2, 0.25) is 10.4 Å². The van der Waals surface area contributed by atoms with E-state index < -0.39 is 16.5 Å². The zero-order valence-electron chi connectivity index (χ0n) is 14.8. The van der Waals surface area contributed by atoms with Gasteiger partial charge in [0.25, 0.3) is 0 Å². The summed E-state index contributed by atoms with van der Waals surface area (Å²) < 4.78 is 37.2. The molecule has 25 heavy (non-hydrogen) atoms. The zero-order valence-corrected chi connectivity index (χ0v) is 17.6. The molecule has 3 aliphatic carbocycles. The Morgan fingerprint density at radius 3 is 2.68 bits per heavy atom. The van der Waals surface area contributed by atoms with E-state index in [9.17, 15) is 18.1 Å². The van der Waals surface area contributed by atoms with E-state index in [1.807, 2.05) is 0 Å². The molecule has 7 heteroatoms. The van der Waals surface area contributed by atoms with Crippen LogP contribution in [0.3, 0.4) is 0 Å². The number of benzene rings is 1. The van der Waals surface area contributed by atoms with E-state index >= 15 is 0 Å². The standard InChI is InChI=1S/C18H24O5S.Na/c1-18-9-8-14-13-5-3-12(23-24(20,21)22)10-11(13)2-4-15(14)16(18)6-7-17(18)19;/h2,4,12,16-17,19H,3,5-10H2,1H3,(H,20,21,22);/q;+1/p-1/t12-,16?,17-,18-;/m0./s1. The van der Waals surface area contributed by atoms with Crippen LogP contribution in [0.15, 0.2) is 12.1 Å². The fraction of sp³-hybridized carbons (Fsp3) is 0.667. The number of fused-ring (bicyclic) bond motifs is 5. The van der Waals surface area contributed by atoms with Crippen LogP contribution in [0.25, 0.3) is 0 Å². The maximum atomic E-state index is 10.8. The minimum Gasteiger partial charge on any atom is -0.726 e. The fourth-order valence-corrected chi connectivity index (χ4v) is 5.75. The molecule has 5 nitrogen and oxygen atoms in total. The van der Waals surface area contributed by atoms with Crippen molar-refractivity contribution in [2.75, 3.05) is 0 Å². The van der Waals surface area contributed by atoms with Gasteiger partial charge in [-0.25, -0.2) is 8.42 Å². The predicted molar refractivity (Wildman–Crippen MR) is 87.4 cm³/mol. The minimum atomic E-state index is -4.65. The first kappa shape index (κ1) is 19.8. The van der Waals surface area contributed by atoms with Crippen molar-refractivity contribution in [3.05, 3.63) is 34.4 Å². The molecule has 0 bridgehead atoms. The van der Waals surface area contributed by atoms with Crippen molar-refractivity contribution in [3.8, 4) is 0 Å². The largest absolute Gasteiger partial charge is 1.00 e. The Morgan fingerprint density at radius 1 is 1.20 bits per heavy atom. The molecular formula is C18H23NaO5S. The Bertz CT molecular complexity index is 778. The second kappa shape index (κ2) is 6.89. The Hall–Kier alpha value is 0.0500. The predicted octanol–water partition coefficient (Wildman–Crippen LogP) is -0.784. The molecule has 132 valence electrons. The molecule has 4 rings (SSSR count). The van der Waals surface area contributed by atoms with Crippen LogP contribution < -0.4 is 29.6 Å². The zero-order chi connectivity index (χ0) is 17.1. The van der Waals surface area contributed by atoms with E-state index in [-0.39, 0.29) is 41.1 Å². The smallest absolute Gasteiger partial charge is 0.726 e. The minimum absolute atomic E-state index is 0. The summed E-state index contributed by atoms with van der Waals surface area (Å²) in [6.07, 6.45) is 4.91. The van der Waals surface area contributed by atoms with Gasteiger partial charge in [-0.2, -0.15) is 0 Å². The third kappa shape index (κ3) is 3.47. The summed E-state index contributed by atoms with van der Waals surface area (Å²) in [7, 11) is -4.65. The van der Waals surface area contributed by atoms with Gasteiger partial charge in [-0.1, -0.05) is 19.1 Å². The number of hydrogen-bond donors (Lipinski definition) is 1. The molecule has 0 radical (unpaired) electrons. The number of rotatable bonds is 2. The van der Waals surface area contributed by atoms with Gasteiger partial charge >= 0.3 is 29.6 Å². The number of aliphatic hydroxyl groups excluding tert-OH is 1. The molecule has 0 amide bonds. The molecule has 3 aliphatic rings. The Morgan fingerprint density at radius 2 is 1.96 bits per heavy atom. The van der Waals surface area contributed by atoms with Gasteiger partial charge < -0.3 is 9.66 Å². The molecule has 1 aromatic carbocycles. The van der Waals surface area contributed by atoms with Gasteiger partial charge in [0.05, 0.1) is 12.2 Å². The quantitative estimate of drug-likeness (QED) is 0.417. The summed E-state index contributed by atoms with van der Waals surface area (Å²) in [5.41, 5.74) is 5.18. The molecule has 4 atom stereocenters. The van der Waals surface area contributed by atoms with Crippen LogP contribution in [0, 0.1) is 5.41 Å².